The molecule has 0 radical (unpaired) electrons. The van der Waals surface area contributed by atoms with Crippen LogP contribution < -0.4 is 0 Å². The van der Waals surface area contributed by atoms with Crippen molar-refractivity contribution in [2.75, 3.05) is 13.2 Å². The van der Waals surface area contributed by atoms with Gasteiger partial charge in [-0.2, -0.15) is 0 Å². The lowest BCUT2D eigenvalue weighted by atomic mass is 10.1. The van der Waals surface area contributed by atoms with E-state index in [4.69, 9.17) is 14.2 Å². The van der Waals surface area contributed by atoms with Gasteiger partial charge in [-0.25, -0.2) is 0 Å². The van der Waals surface area contributed by atoms with Gasteiger partial charge in [-0.3, -0.25) is 14.4 Å². The van der Waals surface area contributed by atoms with E-state index in [0.29, 0.717) is 12.8 Å². The van der Waals surface area contributed by atoms with Crippen LogP contribution >= 0.6 is 0 Å². The van der Waals surface area contributed by atoms with Crippen LogP contribution in [-0.4, -0.2) is 37.2 Å². The number of carbonyl (C=O) groups is 3. The maximum absolute atomic E-state index is 12.9. The Morgan fingerprint density at radius 2 is 0.506 bits per heavy atom. The average molecular weight is 1060 g/mol. The first-order chi connectivity index (χ1) is 38.0. The Hall–Kier alpha value is -4.71. The summed E-state index contributed by atoms with van der Waals surface area (Å²) in [5, 5.41) is 0. The van der Waals surface area contributed by atoms with E-state index in [1.54, 1.807) is 0 Å². The van der Waals surface area contributed by atoms with E-state index in [9.17, 15) is 14.4 Å². The van der Waals surface area contributed by atoms with E-state index >= 15 is 0 Å². The van der Waals surface area contributed by atoms with Crippen molar-refractivity contribution < 1.29 is 28.6 Å². The first-order valence-corrected chi connectivity index (χ1v) is 31.3. The zero-order valence-corrected chi connectivity index (χ0v) is 49.7. The van der Waals surface area contributed by atoms with Gasteiger partial charge in [-0.05, 0) is 122 Å². The fraction of sp³-hybridized carbons (Fsp3) is 0.620. The molecule has 0 aromatic rings. The summed E-state index contributed by atoms with van der Waals surface area (Å²) in [7, 11) is 0. The summed E-state index contributed by atoms with van der Waals surface area (Å²) in [5.74, 6) is -0.940. The minimum atomic E-state index is -0.802. The topological polar surface area (TPSA) is 78.9 Å². The van der Waals surface area contributed by atoms with Gasteiger partial charge in [0.2, 0.25) is 0 Å². The number of allylic oxidation sites excluding steroid dienone is 24. The number of esters is 3. The lowest BCUT2D eigenvalue weighted by Gasteiger charge is -2.18. The number of rotatable bonds is 55. The van der Waals surface area contributed by atoms with Gasteiger partial charge in [-0.15, -0.1) is 0 Å². The highest BCUT2D eigenvalue weighted by atomic mass is 16.6. The predicted octanol–water partition coefficient (Wildman–Crippen LogP) is 21.5. The molecule has 0 heterocycles. The predicted molar refractivity (Wildman–Crippen MR) is 334 cm³/mol. The van der Waals surface area contributed by atoms with Gasteiger partial charge >= 0.3 is 17.9 Å². The van der Waals surface area contributed by atoms with Gasteiger partial charge in [-0.1, -0.05) is 269 Å². The third-order valence-corrected chi connectivity index (χ3v) is 12.8. The maximum atomic E-state index is 12.9. The smallest absolute Gasteiger partial charge is 0.306 e. The van der Waals surface area contributed by atoms with Crippen molar-refractivity contribution in [1.29, 1.82) is 0 Å². The van der Waals surface area contributed by atoms with Crippen molar-refractivity contribution in [3.05, 3.63) is 146 Å². The number of unbranched alkanes of at least 4 members (excludes halogenated alkanes) is 20. The molecule has 0 aliphatic rings. The van der Waals surface area contributed by atoms with Crippen LogP contribution in [0.15, 0.2) is 146 Å². The van der Waals surface area contributed by atoms with Crippen LogP contribution in [0.3, 0.4) is 0 Å². The summed E-state index contributed by atoms with van der Waals surface area (Å²) in [5.41, 5.74) is 0. The minimum Gasteiger partial charge on any atom is -0.462 e. The van der Waals surface area contributed by atoms with Crippen molar-refractivity contribution in [3.8, 4) is 0 Å². The Morgan fingerprint density at radius 3 is 0.805 bits per heavy atom. The second-order valence-corrected chi connectivity index (χ2v) is 20.2. The molecule has 0 saturated carbocycles. The largest absolute Gasteiger partial charge is 0.462 e. The van der Waals surface area contributed by atoms with Crippen molar-refractivity contribution in [1.82, 2.24) is 0 Å². The third-order valence-electron chi connectivity index (χ3n) is 12.8. The molecule has 0 aromatic carbocycles. The number of carbonyl (C=O) groups excluding carboxylic acids is 3. The molecular formula is C71H114O6. The molecule has 0 N–H and O–H groups in total. The summed E-state index contributed by atoms with van der Waals surface area (Å²) in [6.45, 7) is 6.36. The summed E-state index contributed by atoms with van der Waals surface area (Å²) < 4.78 is 16.8. The molecule has 0 spiro atoms. The monoisotopic (exact) mass is 1060 g/mol. The van der Waals surface area contributed by atoms with E-state index in [-0.39, 0.29) is 37.5 Å². The number of ether oxygens (including phenoxy) is 3. The lowest BCUT2D eigenvalue weighted by molar-refractivity contribution is -0.167. The van der Waals surface area contributed by atoms with Crippen LogP contribution in [0.2, 0.25) is 0 Å². The summed E-state index contributed by atoms with van der Waals surface area (Å²) in [6.07, 6.45) is 91.5. The molecule has 1 atom stereocenters. The van der Waals surface area contributed by atoms with Crippen molar-refractivity contribution in [3.63, 3.8) is 0 Å². The van der Waals surface area contributed by atoms with Gasteiger partial charge < -0.3 is 14.2 Å². The Labute approximate surface area is 474 Å². The van der Waals surface area contributed by atoms with E-state index in [2.05, 4.69) is 167 Å². The van der Waals surface area contributed by atoms with Gasteiger partial charge in [0.25, 0.3) is 0 Å². The first-order valence-electron chi connectivity index (χ1n) is 31.3. The molecule has 77 heavy (non-hydrogen) atoms. The lowest BCUT2D eigenvalue weighted by Crippen LogP contribution is -2.30. The number of hydrogen-bond acceptors (Lipinski definition) is 6. The fourth-order valence-electron chi connectivity index (χ4n) is 8.21. The van der Waals surface area contributed by atoms with Gasteiger partial charge in [0.05, 0.1) is 0 Å². The molecule has 0 fully saturated rings. The first kappa shape index (κ1) is 72.3. The molecule has 6 nitrogen and oxygen atoms in total. The Balaban J connectivity index is 4.28. The molecule has 0 amide bonds. The summed E-state index contributed by atoms with van der Waals surface area (Å²) >= 11 is 0. The molecule has 6 heteroatoms. The molecule has 434 valence electrons. The molecule has 0 aromatic heterocycles. The van der Waals surface area contributed by atoms with E-state index < -0.39 is 6.10 Å². The average Bonchev–Trinajstić information content (AvgIpc) is 3.43. The highest BCUT2D eigenvalue weighted by Crippen LogP contribution is 2.15. The van der Waals surface area contributed by atoms with Crippen molar-refractivity contribution >= 4 is 17.9 Å². The SMILES string of the molecule is CC/C=C\C/C=C\C/C=C\C/C=C\C/C=C\C/C=C\C/C=C\CCCCCCCCCCCC(=O)OCC(COC(=O)CCCCCCCCCCC)OC(=O)CCCCC/C=C\C/C=C\C/C=C\C/C=C\C/C=C\CC. The second-order valence-electron chi connectivity index (χ2n) is 20.2. The Morgan fingerprint density at radius 1 is 0.273 bits per heavy atom. The van der Waals surface area contributed by atoms with Gasteiger partial charge in [0, 0.05) is 19.3 Å². The van der Waals surface area contributed by atoms with Crippen molar-refractivity contribution in [2.45, 2.75) is 271 Å². The van der Waals surface area contributed by atoms with E-state index in [1.165, 1.54) is 77.0 Å². The zero-order chi connectivity index (χ0) is 55.7. The Bertz CT molecular complexity index is 1700. The fourth-order valence-corrected chi connectivity index (χ4v) is 8.21. The van der Waals surface area contributed by atoms with Gasteiger partial charge in [0.15, 0.2) is 6.10 Å². The summed E-state index contributed by atoms with van der Waals surface area (Å²) in [4.78, 5) is 38.1. The van der Waals surface area contributed by atoms with Gasteiger partial charge in [0.1, 0.15) is 13.2 Å². The van der Waals surface area contributed by atoms with E-state index in [0.717, 1.165) is 148 Å². The quantitative estimate of drug-likeness (QED) is 0.0261. The van der Waals surface area contributed by atoms with Crippen LogP contribution in [0.25, 0.3) is 0 Å². The van der Waals surface area contributed by atoms with Crippen LogP contribution in [0.5, 0.6) is 0 Å². The molecular weight excluding hydrogens is 949 g/mol. The van der Waals surface area contributed by atoms with Crippen molar-refractivity contribution in [2.24, 2.45) is 0 Å². The minimum absolute atomic E-state index is 0.0961. The molecule has 1 unspecified atom stereocenters. The van der Waals surface area contributed by atoms with E-state index in [1.807, 2.05) is 0 Å². The number of hydrogen-bond donors (Lipinski definition) is 0. The van der Waals surface area contributed by atoms with Crippen LogP contribution in [0.1, 0.15) is 265 Å². The highest BCUT2D eigenvalue weighted by Gasteiger charge is 2.19. The maximum Gasteiger partial charge on any atom is 0.306 e. The highest BCUT2D eigenvalue weighted by molar-refractivity contribution is 5.71. The molecule has 0 rings (SSSR count). The second kappa shape index (κ2) is 63.8. The zero-order valence-electron chi connectivity index (χ0n) is 49.7. The normalized spacial score (nSPS) is 13.1. The Kier molecular flexibility index (Phi) is 59.9. The third kappa shape index (κ3) is 62.0. The van der Waals surface area contributed by atoms with Crippen LogP contribution in [0.4, 0.5) is 0 Å². The summed E-state index contributed by atoms with van der Waals surface area (Å²) in [6, 6.07) is 0. The van der Waals surface area contributed by atoms with Crippen LogP contribution in [-0.2, 0) is 28.6 Å². The standard InChI is InChI=1S/C71H114O6/c1-4-7-10-13-16-19-21-23-25-27-29-30-31-32-33-34-35-36-37-38-39-40-42-43-45-47-49-52-55-58-61-64-70(73)76-67-68(66-75-69(72)63-60-57-54-51-18-15-12-9-6-3)77-71(74)65-62-59-56-53-50-48-46-44-41-28-26-24-22-20-17-14-11-8-5-2/h7-8,10-11,16-17,19-20,23-26,29-30,32-33,35-36,38-39,41,44,48,50,68H,4-6,9,12-15,18,21-22,27-28,31,34,37,40,42-43,45-47,49,51-67H2,1-3H3/b10-7-,11-8-,19-16-,20-17-,25-23-,26-24-,30-29-,33-32-,36-35-,39-38-,44-41-,50-48-. The molecule has 0 bridgehead atoms. The molecule has 0 saturated heterocycles. The van der Waals surface area contributed by atoms with Crippen LogP contribution in [0, 0.1) is 0 Å². The molecule has 0 aliphatic heterocycles. The molecule has 0 aliphatic carbocycles.